The van der Waals surface area contributed by atoms with E-state index in [-0.39, 0.29) is 12.7 Å². The summed E-state index contributed by atoms with van der Waals surface area (Å²) in [6.07, 6.45) is 3.04. The second kappa shape index (κ2) is 12.0. The van der Waals surface area contributed by atoms with Gasteiger partial charge in [-0.25, -0.2) is 4.98 Å². The number of fused-ring (bicyclic) bond motifs is 1. The van der Waals surface area contributed by atoms with E-state index in [1.165, 1.54) is 11.3 Å². The molecule has 0 spiro atoms. The fraction of sp³-hybridized carbons (Fsp3) is 0.267. The van der Waals surface area contributed by atoms with Gasteiger partial charge in [0.15, 0.2) is 16.7 Å². The number of nitrogens with one attached hydrogen (secondary N) is 1. The van der Waals surface area contributed by atoms with Gasteiger partial charge in [-0.15, -0.1) is 0 Å². The molecule has 1 aliphatic rings. The molecule has 0 saturated carbocycles. The van der Waals surface area contributed by atoms with Gasteiger partial charge in [0.25, 0.3) is 5.91 Å². The average molecular weight is 514 g/mol. The lowest BCUT2D eigenvalue weighted by Crippen LogP contribution is -2.24. The molecule has 0 atom stereocenters. The van der Waals surface area contributed by atoms with Crippen LogP contribution in [-0.2, 0) is 6.54 Å². The van der Waals surface area contributed by atoms with Gasteiger partial charge in [0.2, 0.25) is 6.79 Å². The lowest BCUT2D eigenvalue weighted by atomic mass is 10.0. The number of imidazole rings is 1. The zero-order chi connectivity index (χ0) is 25.5. The van der Waals surface area contributed by atoms with Crippen LogP contribution in [0.2, 0.25) is 0 Å². The van der Waals surface area contributed by atoms with Gasteiger partial charge in [0.05, 0.1) is 11.4 Å². The number of nitrogens with zero attached hydrogens (tertiary/aromatic N) is 2. The van der Waals surface area contributed by atoms with Crippen molar-refractivity contribution in [3.63, 3.8) is 0 Å². The molecule has 6 nitrogen and oxygen atoms in total. The average Bonchev–Trinajstić information content (AvgIpc) is 3.56. The molecule has 0 bridgehead atoms. The summed E-state index contributed by atoms with van der Waals surface area (Å²) in [5.74, 6) is 2.04. The number of amides is 1. The van der Waals surface area contributed by atoms with E-state index in [0.29, 0.717) is 23.6 Å². The first-order valence-corrected chi connectivity index (χ1v) is 13.7. The Kier molecular flexibility index (Phi) is 8.11. The zero-order valence-electron chi connectivity index (χ0n) is 21.0. The molecular formula is C30H31N3O3S. The third kappa shape index (κ3) is 5.83. The molecule has 2 heterocycles. The van der Waals surface area contributed by atoms with Crippen molar-refractivity contribution < 1.29 is 14.3 Å². The van der Waals surface area contributed by atoms with Crippen molar-refractivity contribution in [3.8, 4) is 34.0 Å². The van der Waals surface area contributed by atoms with Crippen LogP contribution in [-0.4, -0.2) is 34.5 Å². The normalized spacial score (nSPS) is 12.0. The van der Waals surface area contributed by atoms with Crippen molar-refractivity contribution in [1.29, 1.82) is 0 Å². The largest absolute Gasteiger partial charge is 0.454 e. The minimum atomic E-state index is -0.106. The van der Waals surface area contributed by atoms with Gasteiger partial charge < -0.3 is 19.4 Å². The summed E-state index contributed by atoms with van der Waals surface area (Å²) >= 11 is 1.75. The Morgan fingerprint density at radius 3 is 2.43 bits per heavy atom. The molecule has 1 aliphatic heterocycles. The van der Waals surface area contributed by atoms with Crippen molar-refractivity contribution in [2.45, 2.75) is 37.9 Å². The Balaban J connectivity index is 1.28. The van der Waals surface area contributed by atoms with Crippen LogP contribution in [0.3, 0.4) is 0 Å². The van der Waals surface area contributed by atoms with Crippen molar-refractivity contribution in [2.24, 2.45) is 0 Å². The summed E-state index contributed by atoms with van der Waals surface area (Å²) in [5, 5.41) is 4.04. The minimum absolute atomic E-state index is 0.106. The molecule has 37 heavy (non-hydrogen) atoms. The number of hydrogen-bond acceptors (Lipinski definition) is 5. The van der Waals surface area contributed by atoms with Gasteiger partial charge in [-0.2, -0.15) is 0 Å². The molecule has 190 valence electrons. The lowest BCUT2D eigenvalue weighted by molar-refractivity contribution is 0.0953. The van der Waals surface area contributed by atoms with Crippen molar-refractivity contribution in [1.82, 2.24) is 14.9 Å². The summed E-state index contributed by atoms with van der Waals surface area (Å²) in [7, 11) is 0. The summed E-state index contributed by atoms with van der Waals surface area (Å²) in [5.41, 5.74) is 5.05. The van der Waals surface area contributed by atoms with Crippen LogP contribution >= 0.6 is 11.8 Å². The number of carbonyl (C=O) groups excluding carboxylic acids is 1. The molecule has 4 aromatic rings. The first-order chi connectivity index (χ1) is 18.2. The first kappa shape index (κ1) is 25.0. The highest BCUT2D eigenvalue weighted by Gasteiger charge is 2.20. The molecule has 3 aromatic carbocycles. The second-order valence-corrected chi connectivity index (χ2v) is 9.92. The molecule has 7 heteroatoms. The number of unbranched alkanes of at least 4 members (excludes halogenated alkanes) is 1. The monoisotopic (exact) mass is 513 g/mol. The van der Waals surface area contributed by atoms with E-state index in [4.69, 9.17) is 14.5 Å². The number of hydrogen-bond donors (Lipinski definition) is 1. The fourth-order valence-electron chi connectivity index (χ4n) is 4.33. The first-order valence-electron chi connectivity index (χ1n) is 12.8. The lowest BCUT2D eigenvalue weighted by Gasteiger charge is -2.13. The third-order valence-electron chi connectivity index (χ3n) is 6.23. The molecule has 0 radical (unpaired) electrons. The molecule has 1 aromatic heterocycles. The minimum Gasteiger partial charge on any atom is -0.454 e. The summed E-state index contributed by atoms with van der Waals surface area (Å²) < 4.78 is 13.1. The quantitative estimate of drug-likeness (QED) is 0.179. The van der Waals surface area contributed by atoms with E-state index < -0.39 is 0 Å². The maximum atomic E-state index is 12.6. The van der Waals surface area contributed by atoms with Gasteiger partial charge in [-0.3, -0.25) is 4.79 Å². The van der Waals surface area contributed by atoms with E-state index in [2.05, 4.69) is 65.3 Å². The van der Waals surface area contributed by atoms with Crippen molar-refractivity contribution in [3.05, 3.63) is 84.4 Å². The van der Waals surface area contributed by atoms with E-state index in [1.807, 2.05) is 12.1 Å². The molecule has 0 unspecified atom stereocenters. The van der Waals surface area contributed by atoms with Crippen LogP contribution in [0.4, 0.5) is 0 Å². The van der Waals surface area contributed by atoms with E-state index in [9.17, 15) is 4.79 Å². The third-order valence-corrected chi connectivity index (χ3v) is 7.30. The van der Waals surface area contributed by atoms with Gasteiger partial charge in [-0.05, 0) is 31.0 Å². The Morgan fingerprint density at radius 1 is 0.946 bits per heavy atom. The molecule has 5 rings (SSSR count). The maximum Gasteiger partial charge on any atom is 0.251 e. The molecule has 0 aliphatic carbocycles. The summed E-state index contributed by atoms with van der Waals surface area (Å²) in [6, 6.07) is 26.2. The molecule has 0 saturated heterocycles. The van der Waals surface area contributed by atoms with Crippen LogP contribution in [0.5, 0.6) is 11.5 Å². The number of rotatable bonds is 11. The summed E-state index contributed by atoms with van der Waals surface area (Å²) in [4.78, 5) is 17.7. The predicted molar refractivity (Wildman–Crippen MR) is 148 cm³/mol. The highest BCUT2D eigenvalue weighted by molar-refractivity contribution is 7.99. The summed E-state index contributed by atoms with van der Waals surface area (Å²) in [6.45, 7) is 3.92. The molecular weight excluding hydrogens is 482 g/mol. The predicted octanol–water partition coefficient (Wildman–Crippen LogP) is 6.66. The molecule has 0 fully saturated rings. The van der Waals surface area contributed by atoms with E-state index in [1.54, 1.807) is 30.0 Å². The van der Waals surface area contributed by atoms with Crippen LogP contribution in [0.15, 0.2) is 84.0 Å². The number of ether oxygens (including phenoxy) is 2. The van der Waals surface area contributed by atoms with Crippen molar-refractivity contribution in [2.75, 3.05) is 19.1 Å². The Morgan fingerprint density at radius 2 is 1.68 bits per heavy atom. The van der Waals surface area contributed by atoms with Crippen LogP contribution in [0.1, 0.15) is 36.5 Å². The van der Waals surface area contributed by atoms with Crippen LogP contribution in [0.25, 0.3) is 22.5 Å². The SMILES string of the molecule is CCCCn1c(SCCCNC(=O)c2ccc3c(c2)OCO3)nc(-c2ccccc2)c1-c1ccccc1. The molecule has 1 amide bonds. The topological polar surface area (TPSA) is 65.4 Å². The highest BCUT2D eigenvalue weighted by atomic mass is 32.2. The highest BCUT2D eigenvalue weighted by Crippen LogP contribution is 2.36. The standard InChI is InChI=1S/C30H31N3O3S/c1-2-3-18-33-28(23-13-8-5-9-14-23)27(22-11-6-4-7-12-22)32-30(33)37-19-10-17-31-29(34)24-15-16-25-26(20-24)36-21-35-25/h4-9,11-16,20H,2-3,10,17-19,21H2,1H3,(H,31,34). The number of benzene rings is 3. The number of carbonyl (C=O) groups is 1. The number of aromatic nitrogens is 2. The Hall–Kier alpha value is -3.71. The van der Waals surface area contributed by atoms with E-state index >= 15 is 0 Å². The van der Waals surface area contributed by atoms with Gasteiger partial charge in [0.1, 0.15) is 0 Å². The maximum absolute atomic E-state index is 12.6. The number of thioether (sulfide) groups is 1. The van der Waals surface area contributed by atoms with Gasteiger partial charge in [-0.1, -0.05) is 85.8 Å². The fourth-order valence-corrected chi connectivity index (χ4v) is 5.30. The van der Waals surface area contributed by atoms with Crippen LogP contribution < -0.4 is 14.8 Å². The zero-order valence-corrected chi connectivity index (χ0v) is 21.8. The smallest absolute Gasteiger partial charge is 0.251 e. The van der Waals surface area contributed by atoms with Gasteiger partial charge >= 0.3 is 0 Å². The Labute approximate surface area is 222 Å². The molecule has 1 N–H and O–H groups in total. The Bertz CT molecular complexity index is 1340. The van der Waals surface area contributed by atoms with Crippen LogP contribution in [0, 0.1) is 0 Å². The van der Waals surface area contributed by atoms with Crippen molar-refractivity contribution >= 4 is 17.7 Å². The van der Waals surface area contributed by atoms with Gasteiger partial charge in [0, 0.05) is 35.5 Å². The second-order valence-electron chi connectivity index (χ2n) is 8.85. The van der Waals surface area contributed by atoms with E-state index in [0.717, 1.165) is 48.0 Å².